The summed E-state index contributed by atoms with van der Waals surface area (Å²) < 4.78 is 39.0. The van der Waals surface area contributed by atoms with Crippen molar-refractivity contribution in [3.05, 3.63) is 11.6 Å². The Morgan fingerprint density at radius 3 is 2.08 bits per heavy atom. The number of hydrogen-bond acceptors (Lipinski definition) is 12. The molecule has 0 amide bonds. The molecule has 6 N–H and O–H groups in total. The van der Waals surface area contributed by atoms with Gasteiger partial charge in [0.05, 0.1) is 37.6 Å². The Kier molecular flexibility index (Phi) is 9.27. The average molecular weight is 737 g/mol. The first-order chi connectivity index (χ1) is 24.3. The first kappa shape index (κ1) is 38.1. The number of aliphatic hydroxyl groups is 6. The molecule has 8 fully saturated rings. The third-order valence-electron chi connectivity index (χ3n) is 16.3. The molecule has 0 aromatic heterocycles. The first-order valence-corrected chi connectivity index (χ1v) is 19.9. The fourth-order valence-electron chi connectivity index (χ4n) is 14.1. The maximum absolute atomic E-state index is 11.0. The van der Waals surface area contributed by atoms with Crippen molar-refractivity contribution in [2.24, 2.45) is 45.3 Å². The van der Waals surface area contributed by atoms with Crippen LogP contribution in [0.1, 0.15) is 99.8 Å². The van der Waals surface area contributed by atoms with Crippen molar-refractivity contribution in [3.63, 3.8) is 0 Å². The third kappa shape index (κ3) is 5.29. The van der Waals surface area contributed by atoms with Crippen molar-refractivity contribution in [2.75, 3.05) is 19.8 Å². The van der Waals surface area contributed by atoms with Crippen LogP contribution in [0.4, 0.5) is 0 Å². The van der Waals surface area contributed by atoms with E-state index in [4.69, 9.17) is 28.4 Å². The lowest BCUT2D eigenvalue weighted by atomic mass is 9.35. The van der Waals surface area contributed by atoms with Crippen molar-refractivity contribution in [2.45, 2.75) is 173 Å². The van der Waals surface area contributed by atoms with Crippen LogP contribution in [-0.2, 0) is 28.4 Å². The SMILES string of the molecule is CC(C)=C[C@H]1C[C@](C)(O[C@@H]2OC[C@H](O)[C@H](O)[C@H]2O)[C@@H]2[C@H]3CC[C@@H]4[C@@]5(C)CC[C@H](O[C@@H]6OC[C@H](O)[C@H](O)[C@H]6O)C(C)(C)[C@@H]5CC[C@@]4(C)[C@@]34CO[C@@]2(C4)O1. The minimum Gasteiger partial charge on any atom is -0.388 e. The van der Waals surface area contributed by atoms with Crippen molar-refractivity contribution in [1.82, 2.24) is 0 Å². The molecule has 296 valence electrons. The molecular formula is C40H64O12. The van der Waals surface area contributed by atoms with E-state index in [-0.39, 0.29) is 58.9 Å². The molecule has 8 rings (SSSR count). The van der Waals surface area contributed by atoms with Gasteiger partial charge < -0.3 is 59.1 Å². The van der Waals surface area contributed by atoms with Crippen molar-refractivity contribution < 1.29 is 59.1 Å². The summed E-state index contributed by atoms with van der Waals surface area (Å²) in [6.07, 6.45) is -0.789. The van der Waals surface area contributed by atoms with Gasteiger partial charge in [-0.2, -0.15) is 0 Å². The molecule has 0 unspecified atom stereocenters. The molecule has 8 aliphatic rings. The van der Waals surface area contributed by atoms with Gasteiger partial charge in [0.15, 0.2) is 18.4 Å². The molecule has 4 saturated carbocycles. The number of rotatable bonds is 5. The van der Waals surface area contributed by atoms with E-state index in [1.54, 1.807) is 0 Å². The summed E-state index contributed by atoms with van der Waals surface area (Å²) in [5.74, 6) is 0.0832. The number of aliphatic hydroxyl groups excluding tert-OH is 6. The van der Waals surface area contributed by atoms with E-state index < -0.39 is 60.6 Å². The lowest BCUT2D eigenvalue weighted by molar-refractivity contribution is -0.379. The number of allylic oxidation sites excluding steroid dienone is 1. The summed E-state index contributed by atoms with van der Waals surface area (Å²) in [6.45, 7) is 16.3. The van der Waals surface area contributed by atoms with E-state index in [1.165, 1.54) is 0 Å². The Morgan fingerprint density at radius 1 is 0.750 bits per heavy atom. The number of fused-ring (bicyclic) bond motifs is 4. The fourth-order valence-corrected chi connectivity index (χ4v) is 14.1. The van der Waals surface area contributed by atoms with Crippen LogP contribution in [0.2, 0.25) is 0 Å². The van der Waals surface area contributed by atoms with Crippen LogP contribution in [0.5, 0.6) is 0 Å². The van der Waals surface area contributed by atoms with E-state index in [1.807, 2.05) is 0 Å². The van der Waals surface area contributed by atoms with Crippen LogP contribution in [-0.4, -0.2) is 123 Å². The second-order valence-corrected chi connectivity index (χ2v) is 19.7. The van der Waals surface area contributed by atoms with Gasteiger partial charge in [-0.3, -0.25) is 0 Å². The smallest absolute Gasteiger partial charge is 0.186 e. The van der Waals surface area contributed by atoms with Gasteiger partial charge >= 0.3 is 0 Å². The molecule has 4 aliphatic carbocycles. The molecule has 12 nitrogen and oxygen atoms in total. The van der Waals surface area contributed by atoms with Crippen LogP contribution in [0, 0.1) is 45.3 Å². The van der Waals surface area contributed by atoms with Crippen LogP contribution < -0.4 is 0 Å². The van der Waals surface area contributed by atoms with Gasteiger partial charge in [-0.15, -0.1) is 0 Å². The second kappa shape index (κ2) is 12.6. The van der Waals surface area contributed by atoms with E-state index in [9.17, 15) is 30.6 Å². The highest BCUT2D eigenvalue weighted by Crippen LogP contribution is 2.80. The van der Waals surface area contributed by atoms with Crippen molar-refractivity contribution >= 4 is 0 Å². The minimum absolute atomic E-state index is 0.0314. The predicted molar refractivity (Wildman–Crippen MR) is 186 cm³/mol. The van der Waals surface area contributed by atoms with E-state index in [0.717, 1.165) is 50.5 Å². The van der Waals surface area contributed by atoms with E-state index in [2.05, 4.69) is 54.5 Å². The lowest BCUT2D eigenvalue weighted by Crippen LogP contribution is -2.68. The summed E-state index contributed by atoms with van der Waals surface area (Å²) in [4.78, 5) is 0. The van der Waals surface area contributed by atoms with Crippen LogP contribution in [0.25, 0.3) is 0 Å². The molecule has 0 aromatic carbocycles. The summed E-state index contributed by atoms with van der Waals surface area (Å²) in [5.41, 5.74) is -0.0373. The normalized spacial score (nSPS) is 58.0. The zero-order chi connectivity index (χ0) is 37.4. The van der Waals surface area contributed by atoms with Gasteiger partial charge in [0, 0.05) is 24.2 Å². The monoisotopic (exact) mass is 736 g/mol. The Labute approximate surface area is 308 Å². The quantitative estimate of drug-likeness (QED) is 0.180. The van der Waals surface area contributed by atoms with E-state index >= 15 is 0 Å². The summed E-state index contributed by atoms with van der Waals surface area (Å²) in [6, 6.07) is 0. The molecule has 2 bridgehead atoms. The molecule has 52 heavy (non-hydrogen) atoms. The maximum Gasteiger partial charge on any atom is 0.186 e. The van der Waals surface area contributed by atoms with Gasteiger partial charge in [0.2, 0.25) is 0 Å². The Balaban J connectivity index is 1.09. The van der Waals surface area contributed by atoms with E-state index in [0.29, 0.717) is 24.9 Å². The molecule has 0 radical (unpaired) electrons. The largest absolute Gasteiger partial charge is 0.388 e. The standard InChI is InChI=1S/C40H64O12/c1-20(2)14-21-15-38(7,52-34-31(46)29(44)24(42)17-48-34)32-22-8-9-26-36(5)12-11-27(50-33-30(45)28(43)23(41)16-47-33)35(3,4)25(36)10-13-37(26,6)39(22)18-40(32,51-21)49-19-39/h14,21-34,41-46H,8-13,15-19H2,1-7H3/t21-,22+,23-,24-,25-,26+,27-,28-,29-,30+,31+,32-,33-,34-,36-,37+,38-,39-,40-/m0/s1. The molecule has 2 spiro atoms. The number of hydrogen-bond donors (Lipinski definition) is 6. The maximum atomic E-state index is 11.0. The highest BCUT2D eigenvalue weighted by Gasteiger charge is 2.81. The number of ether oxygens (including phenoxy) is 6. The Hall–Kier alpha value is -0.740. The zero-order valence-electron chi connectivity index (χ0n) is 32.1. The second-order valence-electron chi connectivity index (χ2n) is 19.7. The highest BCUT2D eigenvalue weighted by atomic mass is 16.7. The highest BCUT2D eigenvalue weighted by molar-refractivity contribution is 5.27. The third-order valence-corrected chi connectivity index (χ3v) is 16.3. The summed E-state index contributed by atoms with van der Waals surface area (Å²) in [5, 5.41) is 62.8. The van der Waals surface area contributed by atoms with Crippen molar-refractivity contribution in [1.29, 1.82) is 0 Å². The van der Waals surface area contributed by atoms with Gasteiger partial charge in [0.1, 0.15) is 36.6 Å². The summed E-state index contributed by atoms with van der Waals surface area (Å²) >= 11 is 0. The molecule has 4 aliphatic heterocycles. The van der Waals surface area contributed by atoms with Crippen LogP contribution in [0.3, 0.4) is 0 Å². The lowest BCUT2D eigenvalue weighted by Gasteiger charge is -2.70. The van der Waals surface area contributed by atoms with Gasteiger partial charge in [-0.05, 0) is 93.3 Å². The molecule has 0 aromatic rings. The van der Waals surface area contributed by atoms with Gasteiger partial charge in [-0.1, -0.05) is 39.3 Å². The van der Waals surface area contributed by atoms with Crippen LogP contribution >= 0.6 is 0 Å². The van der Waals surface area contributed by atoms with Crippen LogP contribution in [0.15, 0.2) is 11.6 Å². The topological polar surface area (TPSA) is 177 Å². The first-order valence-electron chi connectivity index (χ1n) is 19.9. The predicted octanol–water partition coefficient (Wildman–Crippen LogP) is 2.78. The van der Waals surface area contributed by atoms with Gasteiger partial charge in [-0.25, -0.2) is 0 Å². The Bertz CT molecular complexity index is 1400. The van der Waals surface area contributed by atoms with Gasteiger partial charge in [0.25, 0.3) is 0 Å². The zero-order valence-corrected chi connectivity index (χ0v) is 32.1. The molecule has 19 atom stereocenters. The molecule has 4 heterocycles. The Morgan fingerprint density at radius 2 is 1.40 bits per heavy atom. The average Bonchev–Trinajstić information content (AvgIpc) is 3.59. The molecule has 12 heteroatoms. The molecule has 4 saturated heterocycles. The molecular weight excluding hydrogens is 672 g/mol. The minimum atomic E-state index is -1.38. The fraction of sp³-hybridized carbons (Fsp3) is 0.950. The summed E-state index contributed by atoms with van der Waals surface area (Å²) in [7, 11) is 0. The van der Waals surface area contributed by atoms with Crippen molar-refractivity contribution in [3.8, 4) is 0 Å².